The molecule has 2 fully saturated rings. The lowest BCUT2D eigenvalue weighted by Gasteiger charge is -2.26. The fraction of sp³-hybridized carbons (Fsp3) is 0.529. The maximum atomic E-state index is 10.3. The standard InChI is InChI=1S/C26H36N6OS.C2H6O.3C2H2/c1-15-21(24-31-22-16(2)27-11-10-20(22)34-24)23(32-25(29-15)28-14-17-6-5-7-17)30-19-9-8-18(12-19)13-26(3,4)33;1-2-3;3*1-2/h10-11,17-19,33H,5-9,12-14H2,1-4H3,(H2,28,29,30,32);3H,2H2,1H3;3*1-2H/t18-,19+;;;;/m1..../s1. The van der Waals surface area contributed by atoms with Crippen LogP contribution in [0.3, 0.4) is 0 Å². The van der Waals surface area contributed by atoms with Crippen LogP contribution in [0.5, 0.6) is 0 Å². The van der Waals surface area contributed by atoms with E-state index in [-0.39, 0.29) is 6.61 Å². The monoisotopic (exact) mass is 604 g/mol. The average Bonchev–Trinajstić information content (AvgIpc) is 3.58. The van der Waals surface area contributed by atoms with Gasteiger partial charge in [-0.3, -0.25) is 4.98 Å². The van der Waals surface area contributed by atoms with Gasteiger partial charge in [0.1, 0.15) is 16.3 Å². The van der Waals surface area contributed by atoms with Crippen LogP contribution < -0.4 is 10.6 Å². The molecule has 0 bridgehead atoms. The van der Waals surface area contributed by atoms with Crippen molar-refractivity contribution in [2.75, 3.05) is 23.8 Å². The zero-order valence-electron chi connectivity index (χ0n) is 26.3. The molecule has 0 unspecified atom stereocenters. The van der Waals surface area contributed by atoms with Crippen LogP contribution in [0, 0.1) is 64.2 Å². The molecule has 8 nitrogen and oxygen atoms in total. The van der Waals surface area contributed by atoms with Gasteiger partial charge in [-0.15, -0.1) is 49.9 Å². The van der Waals surface area contributed by atoms with E-state index < -0.39 is 5.60 Å². The van der Waals surface area contributed by atoms with Crippen molar-refractivity contribution in [3.05, 3.63) is 23.7 Å². The van der Waals surface area contributed by atoms with E-state index in [0.29, 0.717) is 17.9 Å². The Bertz CT molecular complexity index is 1310. The van der Waals surface area contributed by atoms with Crippen LogP contribution in [0.25, 0.3) is 20.8 Å². The molecule has 43 heavy (non-hydrogen) atoms. The van der Waals surface area contributed by atoms with Gasteiger partial charge in [0.2, 0.25) is 5.95 Å². The number of fused-ring (bicyclic) bond motifs is 1. The van der Waals surface area contributed by atoms with E-state index in [0.717, 1.165) is 76.1 Å². The summed E-state index contributed by atoms with van der Waals surface area (Å²) in [5.41, 5.74) is 3.19. The first-order valence-electron chi connectivity index (χ1n) is 14.6. The number of terminal acetylenes is 3. The number of aromatic nitrogens is 4. The third kappa shape index (κ3) is 11.2. The molecule has 9 heteroatoms. The number of aliphatic hydroxyl groups excluding tert-OH is 1. The smallest absolute Gasteiger partial charge is 0.224 e. The molecule has 2 aliphatic rings. The summed E-state index contributed by atoms with van der Waals surface area (Å²) in [6.07, 6.45) is 33.8. The van der Waals surface area contributed by atoms with Gasteiger partial charge >= 0.3 is 0 Å². The van der Waals surface area contributed by atoms with Crippen molar-refractivity contribution in [3.8, 4) is 49.1 Å². The van der Waals surface area contributed by atoms with E-state index in [1.54, 1.807) is 18.3 Å². The predicted molar refractivity (Wildman–Crippen MR) is 182 cm³/mol. The van der Waals surface area contributed by atoms with Crippen LogP contribution in [0.4, 0.5) is 11.8 Å². The predicted octanol–water partition coefficient (Wildman–Crippen LogP) is 6.47. The molecule has 3 aromatic heterocycles. The molecule has 3 heterocycles. The molecule has 2 atom stereocenters. The zero-order valence-corrected chi connectivity index (χ0v) is 27.1. The Balaban J connectivity index is 0.000000934. The maximum absolute atomic E-state index is 10.3. The van der Waals surface area contributed by atoms with Crippen LogP contribution in [0.15, 0.2) is 12.3 Å². The molecular weight excluding hydrogens is 556 g/mol. The van der Waals surface area contributed by atoms with Crippen molar-refractivity contribution >= 4 is 33.3 Å². The van der Waals surface area contributed by atoms with Gasteiger partial charge in [0, 0.05) is 25.4 Å². The van der Waals surface area contributed by atoms with Crippen LogP contribution >= 0.6 is 11.3 Å². The highest BCUT2D eigenvalue weighted by Gasteiger charge is 2.30. The second-order valence-electron chi connectivity index (χ2n) is 11.1. The molecule has 5 rings (SSSR count). The molecule has 4 N–H and O–H groups in total. The lowest BCUT2D eigenvalue weighted by atomic mass is 9.85. The summed E-state index contributed by atoms with van der Waals surface area (Å²) in [6, 6.07) is 2.36. The lowest BCUT2D eigenvalue weighted by Crippen LogP contribution is -2.24. The number of thiazole rings is 1. The van der Waals surface area contributed by atoms with E-state index in [4.69, 9.17) is 20.1 Å². The summed E-state index contributed by atoms with van der Waals surface area (Å²) in [7, 11) is 0. The maximum Gasteiger partial charge on any atom is 0.224 e. The lowest BCUT2D eigenvalue weighted by molar-refractivity contribution is 0.0534. The van der Waals surface area contributed by atoms with Gasteiger partial charge in [0.05, 0.1) is 27.3 Å². The molecular formula is C34H48N6O2S. The normalized spacial score (nSPS) is 17.2. The number of rotatable bonds is 8. The second kappa shape index (κ2) is 18.8. The van der Waals surface area contributed by atoms with Crippen molar-refractivity contribution in [1.29, 1.82) is 0 Å². The molecule has 0 aliphatic heterocycles. The minimum absolute atomic E-state index is 0.250. The molecule has 2 saturated carbocycles. The highest BCUT2D eigenvalue weighted by molar-refractivity contribution is 7.21. The summed E-state index contributed by atoms with van der Waals surface area (Å²) in [5.74, 6) is 2.82. The van der Waals surface area contributed by atoms with Crippen LogP contribution in [0.1, 0.15) is 77.1 Å². The van der Waals surface area contributed by atoms with Gasteiger partial charge in [-0.25, -0.2) is 9.97 Å². The minimum atomic E-state index is -0.623. The largest absolute Gasteiger partial charge is 0.397 e. The van der Waals surface area contributed by atoms with E-state index >= 15 is 0 Å². The number of hydrogen-bond donors (Lipinski definition) is 4. The Morgan fingerprint density at radius 3 is 2.16 bits per heavy atom. The summed E-state index contributed by atoms with van der Waals surface area (Å²) in [4.78, 5) is 19.2. The number of nitrogens with one attached hydrogen (secondary N) is 2. The quantitative estimate of drug-likeness (QED) is 0.216. The first-order chi connectivity index (χ1) is 20.7. The molecule has 0 aromatic carbocycles. The third-order valence-electron chi connectivity index (χ3n) is 7.24. The summed E-state index contributed by atoms with van der Waals surface area (Å²) in [6.45, 7) is 10.7. The molecule has 2 aliphatic carbocycles. The molecule has 232 valence electrons. The Kier molecular flexibility index (Phi) is 16.3. The first kappa shape index (κ1) is 37.3. The highest BCUT2D eigenvalue weighted by atomic mass is 32.1. The van der Waals surface area contributed by atoms with Crippen molar-refractivity contribution in [2.45, 2.75) is 91.2 Å². The van der Waals surface area contributed by atoms with E-state index in [1.165, 1.54) is 19.3 Å². The van der Waals surface area contributed by atoms with Crippen LogP contribution in [0.2, 0.25) is 0 Å². The molecule has 3 aromatic rings. The highest BCUT2D eigenvalue weighted by Crippen LogP contribution is 2.39. The molecule has 0 radical (unpaired) electrons. The van der Waals surface area contributed by atoms with Gasteiger partial charge in [0.15, 0.2) is 0 Å². The summed E-state index contributed by atoms with van der Waals surface area (Å²) in [5, 5.41) is 26.0. The van der Waals surface area contributed by atoms with Crippen molar-refractivity contribution in [3.63, 3.8) is 0 Å². The van der Waals surface area contributed by atoms with Crippen molar-refractivity contribution in [1.82, 2.24) is 19.9 Å². The Morgan fingerprint density at radius 1 is 0.953 bits per heavy atom. The van der Waals surface area contributed by atoms with Crippen molar-refractivity contribution in [2.24, 2.45) is 11.8 Å². The van der Waals surface area contributed by atoms with Crippen LogP contribution in [-0.2, 0) is 0 Å². The Hall–Kier alpha value is -3.68. The zero-order chi connectivity index (χ0) is 32.6. The van der Waals surface area contributed by atoms with E-state index in [9.17, 15) is 5.11 Å². The number of nitrogens with zero attached hydrogens (tertiary/aromatic N) is 4. The average molecular weight is 605 g/mol. The fourth-order valence-electron chi connectivity index (χ4n) is 5.33. The van der Waals surface area contributed by atoms with Gasteiger partial charge in [0.25, 0.3) is 0 Å². The Labute approximate surface area is 262 Å². The number of aryl methyl sites for hydroxylation is 2. The third-order valence-corrected chi connectivity index (χ3v) is 8.28. The Morgan fingerprint density at radius 2 is 1.60 bits per heavy atom. The second-order valence-corrected chi connectivity index (χ2v) is 12.2. The van der Waals surface area contributed by atoms with Crippen LogP contribution in [-0.4, -0.2) is 54.9 Å². The number of pyridine rings is 1. The summed E-state index contributed by atoms with van der Waals surface area (Å²) >= 11 is 1.67. The number of hydrogen-bond acceptors (Lipinski definition) is 9. The fourth-order valence-corrected chi connectivity index (χ4v) is 6.44. The van der Waals surface area contributed by atoms with Gasteiger partial charge < -0.3 is 20.8 Å². The first-order valence-corrected chi connectivity index (χ1v) is 15.4. The number of anilines is 2. The molecule has 0 saturated heterocycles. The summed E-state index contributed by atoms with van der Waals surface area (Å²) < 4.78 is 1.13. The van der Waals surface area contributed by atoms with E-state index in [2.05, 4.69) is 61.1 Å². The minimum Gasteiger partial charge on any atom is -0.397 e. The van der Waals surface area contributed by atoms with Gasteiger partial charge in [-0.05, 0) is 91.0 Å². The number of aliphatic hydroxyl groups is 2. The molecule has 0 amide bonds. The van der Waals surface area contributed by atoms with E-state index in [1.807, 2.05) is 33.0 Å². The van der Waals surface area contributed by atoms with Crippen molar-refractivity contribution < 1.29 is 10.2 Å². The van der Waals surface area contributed by atoms with Gasteiger partial charge in [-0.2, -0.15) is 4.98 Å². The topological polar surface area (TPSA) is 116 Å². The van der Waals surface area contributed by atoms with Gasteiger partial charge in [-0.1, -0.05) is 6.42 Å². The SMILES string of the molecule is C#C.C#C.C#C.CCO.Cc1nc(NCC2CCC2)nc(N[C@H]2CC[C@@H](CC(C)(C)O)C2)c1-c1nc2c(C)nccc2s1. The molecule has 0 spiro atoms.